The Morgan fingerprint density at radius 3 is 2.35 bits per heavy atom. The molecular formula is C13H10BrN3. The molecule has 0 heterocycles. The maximum absolute atomic E-state index is 8.77. The third-order valence-electron chi connectivity index (χ3n) is 2.19. The number of nitrogens with one attached hydrogen (secondary N) is 2. The molecular weight excluding hydrogens is 278 g/mol. The monoisotopic (exact) mass is 287 g/mol. The molecule has 0 saturated heterocycles. The van der Waals surface area contributed by atoms with Gasteiger partial charge in [-0.1, -0.05) is 22.0 Å². The summed E-state index contributed by atoms with van der Waals surface area (Å²) in [6.45, 7) is 0. The van der Waals surface area contributed by atoms with Gasteiger partial charge in [0.15, 0.2) is 0 Å². The zero-order chi connectivity index (χ0) is 12.1. The van der Waals surface area contributed by atoms with Gasteiger partial charge in [0, 0.05) is 4.47 Å². The number of nitriles is 1. The summed E-state index contributed by atoms with van der Waals surface area (Å²) in [6.07, 6.45) is 0. The van der Waals surface area contributed by atoms with Gasteiger partial charge in [-0.05, 0) is 42.5 Å². The second-order valence-corrected chi connectivity index (χ2v) is 4.37. The van der Waals surface area contributed by atoms with Gasteiger partial charge in [-0.3, -0.25) is 0 Å². The zero-order valence-electron chi connectivity index (χ0n) is 8.94. The van der Waals surface area contributed by atoms with Crippen molar-refractivity contribution < 1.29 is 0 Å². The average molecular weight is 288 g/mol. The van der Waals surface area contributed by atoms with Crippen LogP contribution in [0.5, 0.6) is 0 Å². The van der Waals surface area contributed by atoms with E-state index in [0.29, 0.717) is 5.56 Å². The molecule has 0 unspecified atom stereocenters. The van der Waals surface area contributed by atoms with Crippen LogP contribution in [0.25, 0.3) is 0 Å². The fourth-order valence-corrected chi connectivity index (χ4v) is 1.61. The van der Waals surface area contributed by atoms with E-state index in [2.05, 4.69) is 32.9 Å². The summed E-state index contributed by atoms with van der Waals surface area (Å²) >= 11 is 3.38. The lowest BCUT2D eigenvalue weighted by atomic mass is 10.2. The van der Waals surface area contributed by atoms with Crippen LogP contribution in [0.4, 0.5) is 11.4 Å². The Morgan fingerprint density at radius 2 is 1.65 bits per heavy atom. The number of rotatable bonds is 3. The summed E-state index contributed by atoms with van der Waals surface area (Å²) in [4.78, 5) is 0. The molecule has 2 rings (SSSR count). The highest BCUT2D eigenvalue weighted by Gasteiger charge is 1.95. The minimum atomic E-state index is 0.632. The number of nitrogens with zero attached hydrogens (tertiary/aromatic N) is 1. The van der Waals surface area contributed by atoms with Gasteiger partial charge in [0.25, 0.3) is 0 Å². The molecule has 84 valence electrons. The van der Waals surface area contributed by atoms with E-state index in [1.165, 1.54) is 0 Å². The Hall–Kier alpha value is -1.99. The second-order valence-electron chi connectivity index (χ2n) is 3.45. The summed E-state index contributed by atoms with van der Waals surface area (Å²) in [7, 11) is 0. The fourth-order valence-electron chi connectivity index (χ4n) is 1.34. The molecule has 0 atom stereocenters. The Kier molecular flexibility index (Phi) is 3.63. The lowest BCUT2D eigenvalue weighted by Gasteiger charge is -2.09. The zero-order valence-corrected chi connectivity index (χ0v) is 10.5. The standard InChI is InChI=1S/C13H10BrN3/c14-11-4-6-12(7-5-11)16-17-13-3-1-2-10(8-13)9-15/h1-8,16-17H. The Labute approximate surface area is 108 Å². The number of benzene rings is 2. The van der Waals surface area contributed by atoms with Crippen molar-refractivity contribution in [2.45, 2.75) is 0 Å². The lowest BCUT2D eigenvalue weighted by molar-refractivity contribution is 1.40. The van der Waals surface area contributed by atoms with Gasteiger partial charge in [0.05, 0.1) is 23.0 Å². The summed E-state index contributed by atoms with van der Waals surface area (Å²) in [6, 6.07) is 17.2. The van der Waals surface area contributed by atoms with Crippen LogP contribution in [0.1, 0.15) is 5.56 Å². The van der Waals surface area contributed by atoms with Crippen LogP contribution in [-0.2, 0) is 0 Å². The van der Waals surface area contributed by atoms with Gasteiger partial charge in [-0.15, -0.1) is 0 Å². The van der Waals surface area contributed by atoms with E-state index in [4.69, 9.17) is 5.26 Å². The van der Waals surface area contributed by atoms with Crippen molar-refractivity contribution in [2.75, 3.05) is 10.9 Å². The highest BCUT2D eigenvalue weighted by Crippen LogP contribution is 2.15. The van der Waals surface area contributed by atoms with Crippen LogP contribution in [0, 0.1) is 11.3 Å². The van der Waals surface area contributed by atoms with Crippen molar-refractivity contribution in [1.29, 1.82) is 5.26 Å². The van der Waals surface area contributed by atoms with E-state index in [9.17, 15) is 0 Å². The Balaban J connectivity index is 2.02. The van der Waals surface area contributed by atoms with Crippen molar-refractivity contribution in [3.8, 4) is 6.07 Å². The normalized spacial score (nSPS) is 9.41. The maximum atomic E-state index is 8.77. The smallest absolute Gasteiger partial charge is 0.0992 e. The topological polar surface area (TPSA) is 47.9 Å². The fraction of sp³-hybridized carbons (Fsp3) is 0. The van der Waals surface area contributed by atoms with Crippen molar-refractivity contribution in [1.82, 2.24) is 0 Å². The molecule has 0 fully saturated rings. The number of halogens is 1. The predicted octanol–water partition coefficient (Wildman–Crippen LogP) is 3.76. The average Bonchev–Trinajstić information content (AvgIpc) is 2.38. The molecule has 0 bridgehead atoms. The molecule has 0 amide bonds. The highest BCUT2D eigenvalue weighted by molar-refractivity contribution is 9.10. The van der Waals surface area contributed by atoms with E-state index in [0.717, 1.165) is 15.8 Å². The number of anilines is 2. The van der Waals surface area contributed by atoms with Crippen molar-refractivity contribution in [3.05, 3.63) is 58.6 Å². The van der Waals surface area contributed by atoms with Gasteiger partial charge >= 0.3 is 0 Å². The largest absolute Gasteiger partial charge is 0.301 e. The molecule has 0 aliphatic carbocycles. The summed E-state index contributed by atoms with van der Waals surface area (Å²) in [5, 5.41) is 8.77. The molecule has 3 nitrogen and oxygen atoms in total. The molecule has 0 radical (unpaired) electrons. The first-order valence-electron chi connectivity index (χ1n) is 5.06. The Morgan fingerprint density at radius 1 is 0.941 bits per heavy atom. The van der Waals surface area contributed by atoms with Crippen LogP contribution in [0.15, 0.2) is 53.0 Å². The van der Waals surface area contributed by atoms with E-state index < -0.39 is 0 Å². The number of hydrazine groups is 1. The maximum Gasteiger partial charge on any atom is 0.0992 e. The van der Waals surface area contributed by atoms with Crippen LogP contribution in [-0.4, -0.2) is 0 Å². The minimum Gasteiger partial charge on any atom is -0.301 e. The van der Waals surface area contributed by atoms with Gasteiger partial charge in [-0.2, -0.15) is 5.26 Å². The van der Waals surface area contributed by atoms with Gasteiger partial charge in [-0.25, -0.2) is 0 Å². The van der Waals surface area contributed by atoms with Crippen molar-refractivity contribution >= 4 is 27.3 Å². The van der Waals surface area contributed by atoms with E-state index >= 15 is 0 Å². The number of hydrogen-bond acceptors (Lipinski definition) is 3. The first-order chi connectivity index (χ1) is 8.28. The molecule has 0 aliphatic heterocycles. The quantitative estimate of drug-likeness (QED) is 0.845. The summed E-state index contributed by atoms with van der Waals surface area (Å²) in [5.74, 6) is 0. The van der Waals surface area contributed by atoms with Crippen molar-refractivity contribution in [3.63, 3.8) is 0 Å². The van der Waals surface area contributed by atoms with E-state index in [1.807, 2.05) is 36.4 Å². The van der Waals surface area contributed by atoms with E-state index in [-0.39, 0.29) is 0 Å². The highest BCUT2D eigenvalue weighted by atomic mass is 79.9. The van der Waals surface area contributed by atoms with Gasteiger partial charge in [0.1, 0.15) is 0 Å². The Bertz CT molecular complexity index is 543. The van der Waals surface area contributed by atoms with Crippen LogP contribution >= 0.6 is 15.9 Å². The number of hydrogen-bond donors (Lipinski definition) is 2. The molecule has 0 aliphatic rings. The first kappa shape index (κ1) is 11.5. The SMILES string of the molecule is N#Cc1cccc(NNc2ccc(Br)cc2)c1. The van der Waals surface area contributed by atoms with Crippen LogP contribution < -0.4 is 10.9 Å². The summed E-state index contributed by atoms with van der Waals surface area (Å²) < 4.78 is 1.04. The van der Waals surface area contributed by atoms with Crippen molar-refractivity contribution in [2.24, 2.45) is 0 Å². The lowest BCUT2D eigenvalue weighted by Crippen LogP contribution is -2.08. The van der Waals surface area contributed by atoms with Gasteiger partial charge < -0.3 is 10.9 Å². The van der Waals surface area contributed by atoms with E-state index in [1.54, 1.807) is 12.1 Å². The summed E-state index contributed by atoms with van der Waals surface area (Å²) in [5.41, 5.74) is 8.54. The first-order valence-corrected chi connectivity index (χ1v) is 5.85. The third-order valence-corrected chi connectivity index (χ3v) is 2.72. The second kappa shape index (κ2) is 5.37. The molecule has 0 aromatic heterocycles. The minimum absolute atomic E-state index is 0.632. The predicted molar refractivity (Wildman–Crippen MR) is 72.5 cm³/mol. The molecule has 2 aromatic carbocycles. The molecule has 4 heteroatoms. The van der Waals surface area contributed by atoms with Gasteiger partial charge in [0.2, 0.25) is 0 Å². The molecule has 0 spiro atoms. The van der Waals surface area contributed by atoms with Crippen LogP contribution in [0.3, 0.4) is 0 Å². The molecule has 17 heavy (non-hydrogen) atoms. The molecule has 0 saturated carbocycles. The molecule has 2 N–H and O–H groups in total. The van der Waals surface area contributed by atoms with Crippen LogP contribution in [0.2, 0.25) is 0 Å². The third kappa shape index (κ3) is 3.23. The molecule has 2 aromatic rings.